The minimum absolute atomic E-state index is 0.226. The summed E-state index contributed by atoms with van der Waals surface area (Å²) >= 11 is 1.11. The lowest BCUT2D eigenvalue weighted by Gasteiger charge is -2.07. The van der Waals surface area contributed by atoms with Crippen LogP contribution in [0.25, 0.3) is 11.2 Å². The average Bonchev–Trinajstić information content (AvgIpc) is 2.72. The van der Waals surface area contributed by atoms with Crippen molar-refractivity contribution in [2.45, 2.75) is 0 Å². The van der Waals surface area contributed by atoms with Crippen LogP contribution >= 0.6 is 19.4 Å². The van der Waals surface area contributed by atoms with E-state index in [1.54, 1.807) is 0 Å². The highest BCUT2D eigenvalue weighted by molar-refractivity contribution is 8.04. The SMILES string of the molecule is Nc1ncnc2c1ncn2OCCSCP(=O)(O)O. The average molecular weight is 305 g/mol. The van der Waals surface area contributed by atoms with Crippen LogP contribution in [-0.4, -0.2) is 47.3 Å². The Balaban J connectivity index is 1.89. The van der Waals surface area contributed by atoms with Gasteiger partial charge in [0.2, 0.25) is 5.65 Å². The number of hydrogen-bond donors (Lipinski definition) is 3. The molecule has 0 saturated heterocycles. The lowest BCUT2D eigenvalue weighted by molar-refractivity contribution is 0.132. The molecule has 0 atom stereocenters. The highest BCUT2D eigenvalue weighted by atomic mass is 32.2. The third kappa shape index (κ3) is 3.80. The zero-order valence-corrected chi connectivity index (χ0v) is 11.4. The van der Waals surface area contributed by atoms with Gasteiger partial charge in [-0.3, -0.25) is 4.57 Å². The minimum atomic E-state index is -3.96. The summed E-state index contributed by atoms with van der Waals surface area (Å²) in [6.07, 6.45) is 2.73. The standard InChI is InChI=1S/C8H12N5O4PS/c9-7-6-8(11-3-10-7)13(4-12-6)17-1-2-19-5-18(14,15)16/h3-4H,1-2,5H2,(H2,9,10,11)(H2,14,15,16). The normalized spacial score (nSPS) is 11.9. The van der Waals surface area contributed by atoms with Crippen molar-refractivity contribution in [2.75, 3.05) is 23.6 Å². The van der Waals surface area contributed by atoms with Gasteiger partial charge in [0, 0.05) is 5.75 Å². The van der Waals surface area contributed by atoms with Crippen molar-refractivity contribution in [1.82, 2.24) is 19.7 Å². The first-order valence-corrected chi connectivity index (χ1v) is 8.12. The van der Waals surface area contributed by atoms with E-state index in [4.69, 9.17) is 20.4 Å². The van der Waals surface area contributed by atoms with Crippen LogP contribution in [0.3, 0.4) is 0 Å². The fourth-order valence-corrected chi connectivity index (χ4v) is 2.97. The first kappa shape index (κ1) is 14.1. The number of rotatable bonds is 6. The van der Waals surface area contributed by atoms with Crippen molar-refractivity contribution >= 4 is 36.3 Å². The van der Waals surface area contributed by atoms with E-state index in [0.29, 0.717) is 16.9 Å². The second-order valence-corrected chi connectivity index (χ2v) is 6.72. The molecule has 0 aliphatic rings. The molecule has 0 bridgehead atoms. The van der Waals surface area contributed by atoms with E-state index < -0.39 is 7.60 Å². The van der Waals surface area contributed by atoms with Crippen LogP contribution in [0.2, 0.25) is 0 Å². The van der Waals surface area contributed by atoms with Crippen LogP contribution in [0, 0.1) is 0 Å². The molecular formula is C8H12N5O4PS. The highest BCUT2D eigenvalue weighted by Crippen LogP contribution is 2.38. The molecule has 0 radical (unpaired) electrons. The number of imidazole rings is 1. The number of anilines is 1. The Kier molecular flexibility index (Phi) is 4.25. The maximum absolute atomic E-state index is 10.6. The topological polar surface area (TPSA) is 136 Å². The van der Waals surface area contributed by atoms with Crippen LogP contribution in [0.15, 0.2) is 12.7 Å². The van der Waals surface area contributed by atoms with Crippen molar-refractivity contribution < 1.29 is 19.2 Å². The molecule has 9 nitrogen and oxygen atoms in total. The summed E-state index contributed by atoms with van der Waals surface area (Å²) in [5, 5.41) is 0. The maximum Gasteiger partial charge on any atom is 0.335 e. The molecule has 2 aromatic rings. The van der Waals surface area contributed by atoms with Gasteiger partial charge in [-0.25, -0.2) is 15.0 Å². The van der Waals surface area contributed by atoms with Gasteiger partial charge in [-0.05, 0) is 0 Å². The van der Waals surface area contributed by atoms with Gasteiger partial charge in [-0.1, -0.05) is 0 Å². The predicted octanol–water partition coefficient (Wildman–Crippen LogP) is -0.295. The Hall–Kier alpha value is -1.35. The van der Waals surface area contributed by atoms with E-state index in [2.05, 4.69) is 15.0 Å². The Morgan fingerprint density at radius 3 is 2.95 bits per heavy atom. The molecule has 0 aliphatic heterocycles. The van der Waals surface area contributed by atoms with Crippen molar-refractivity contribution in [3.8, 4) is 0 Å². The van der Waals surface area contributed by atoms with Gasteiger partial charge in [-0.2, -0.15) is 4.73 Å². The third-order valence-corrected chi connectivity index (χ3v) is 4.58. The largest absolute Gasteiger partial charge is 0.410 e. The summed E-state index contributed by atoms with van der Waals surface area (Å²) in [5.74, 6) is 0.703. The van der Waals surface area contributed by atoms with Gasteiger partial charge in [0.25, 0.3) is 0 Å². The first-order chi connectivity index (χ1) is 8.97. The molecule has 2 rings (SSSR count). The number of nitrogen functional groups attached to an aromatic ring is 1. The van der Waals surface area contributed by atoms with E-state index in [-0.39, 0.29) is 17.9 Å². The van der Waals surface area contributed by atoms with E-state index >= 15 is 0 Å². The fourth-order valence-electron chi connectivity index (χ4n) is 1.31. The molecule has 0 fully saturated rings. The van der Waals surface area contributed by atoms with Crippen LogP contribution in [0.1, 0.15) is 0 Å². The van der Waals surface area contributed by atoms with Crippen LogP contribution < -0.4 is 10.6 Å². The molecule has 0 aromatic carbocycles. The van der Waals surface area contributed by atoms with E-state index in [1.165, 1.54) is 17.4 Å². The molecule has 104 valence electrons. The Labute approximate surface area is 112 Å². The summed E-state index contributed by atoms with van der Waals surface area (Å²) in [7, 11) is -3.96. The third-order valence-electron chi connectivity index (χ3n) is 2.05. The lowest BCUT2D eigenvalue weighted by Crippen LogP contribution is -2.14. The molecule has 0 spiro atoms. The summed E-state index contributed by atoms with van der Waals surface area (Å²) in [4.78, 5) is 34.5. The molecule has 11 heteroatoms. The molecular weight excluding hydrogens is 293 g/mol. The van der Waals surface area contributed by atoms with Crippen LogP contribution in [0.4, 0.5) is 5.82 Å². The molecule has 0 saturated carbocycles. The van der Waals surface area contributed by atoms with Gasteiger partial charge in [0.1, 0.15) is 19.3 Å². The van der Waals surface area contributed by atoms with Crippen LogP contribution in [-0.2, 0) is 4.57 Å². The van der Waals surface area contributed by atoms with Crippen molar-refractivity contribution in [3.05, 3.63) is 12.7 Å². The van der Waals surface area contributed by atoms with Gasteiger partial charge < -0.3 is 20.4 Å². The Morgan fingerprint density at radius 2 is 2.21 bits per heavy atom. The number of aromatic nitrogens is 4. The Bertz CT molecular complexity index is 614. The van der Waals surface area contributed by atoms with E-state index in [1.807, 2.05) is 0 Å². The maximum atomic E-state index is 10.6. The summed E-state index contributed by atoms with van der Waals surface area (Å²) < 4.78 is 12.0. The van der Waals surface area contributed by atoms with Gasteiger partial charge in [0.15, 0.2) is 11.3 Å². The number of nitrogens with two attached hydrogens (primary N) is 1. The van der Waals surface area contributed by atoms with Gasteiger partial charge in [-0.15, -0.1) is 11.8 Å². The number of hydrogen-bond acceptors (Lipinski definition) is 7. The number of fused-ring (bicyclic) bond motifs is 1. The second-order valence-electron chi connectivity index (χ2n) is 3.54. The second kappa shape index (κ2) is 5.74. The predicted molar refractivity (Wildman–Crippen MR) is 70.6 cm³/mol. The minimum Gasteiger partial charge on any atom is -0.410 e. The zero-order valence-electron chi connectivity index (χ0n) is 9.71. The molecule has 2 heterocycles. The quantitative estimate of drug-likeness (QED) is 0.485. The smallest absolute Gasteiger partial charge is 0.335 e. The molecule has 2 aromatic heterocycles. The monoisotopic (exact) mass is 305 g/mol. The highest BCUT2D eigenvalue weighted by Gasteiger charge is 2.12. The fraction of sp³-hybridized carbons (Fsp3) is 0.375. The molecule has 19 heavy (non-hydrogen) atoms. The van der Waals surface area contributed by atoms with E-state index in [9.17, 15) is 4.57 Å². The zero-order chi connectivity index (χ0) is 13.9. The lowest BCUT2D eigenvalue weighted by atomic mass is 10.5. The number of thioether (sulfide) groups is 1. The van der Waals surface area contributed by atoms with E-state index in [0.717, 1.165) is 11.8 Å². The van der Waals surface area contributed by atoms with Gasteiger partial charge >= 0.3 is 7.60 Å². The molecule has 0 aliphatic carbocycles. The van der Waals surface area contributed by atoms with Crippen molar-refractivity contribution in [2.24, 2.45) is 0 Å². The summed E-state index contributed by atoms with van der Waals surface area (Å²) in [6, 6.07) is 0. The van der Waals surface area contributed by atoms with Crippen LogP contribution in [0.5, 0.6) is 0 Å². The number of nitrogens with zero attached hydrogens (tertiary/aromatic N) is 4. The Morgan fingerprint density at radius 1 is 1.42 bits per heavy atom. The molecule has 0 amide bonds. The molecule has 4 N–H and O–H groups in total. The van der Waals surface area contributed by atoms with Crippen molar-refractivity contribution in [3.63, 3.8) is 0 Å². The first-order valence-electron chi connectivity index (χ1n) is 5.16. The van der Waals surface area contributed by atoms with Crippen molar-refractivity contribution in [1.29, 1.82) is 0 Å². The molecule has 0 unspecified atom stereocenters. The summed E-state index contributed by atoms with van der Waals surface area (Å²) in [5.41, 5.74) is 6.30. The van der Waals surface area contributed by atoms with Gasteiger partial charge in [0.05, 0.1) is 5.49 Å². The summed E-state index contributed by atoms with van der Waals surface area (Å²) in [6.45, 7) is 0.264.